The number of pyridine rings is 1. The zero-order valence-electron chi connectivity index (χ0n) is 18.0. The quantitative estimate of drug-likeness (QED) is 0.413. The summed E-state index contributed by atoms with van der Waals surface area (Å²) in [5.74, 6) is -0.141. The van der Waals surface area contributed by atoms with Crippen molar-refractivity contribution in [3.63, 3.8) is 0 Å². The van der Waals surface area contributed by atoms with Crippen LogP contribution in [0.1, 0.15) is 31.1 Å². The van der Waals surface area contributed by atoms with Crippen molar-refractivity contribution in [2.24, 2.45) is 0 Å². The number of hydrogen-bond donors (Lipinski definition) is 1. The molecule has 1 N–H and O–H groups in total. The standard InChI is InChI=1S/C22H24BBrN4O3/c1-13(2)28(11-21(30)26-20-6-4-5-19(23)25-20)22(31)12-27-10-17(14(3)29)16-9-15(24)7-8-18(16)27/h4-10,13H,11-12,23H2,1-3H3,(H,25,26,30). The zero-order valence-corrected chi connectivity index (χ0v) is 19.6. The lowest BCUT2D eigenvalue weighted by Crippen LogP contribution is -2.44. The average Bonchev–Trinajstić information content (AvgIpc) is 3.03. The smallest absolute Gasteiger partial charge is 0.245 e. The molecule has 31 heavy (non-hydrogen) atoms. The number of carbonyl (C=O) groups is 3. The predicted octanol–water partition coefficient (Wildman–Crippen LogP) is 2.14. The topological polar surface area (TPSA) is 84.3 Å². The second-order valence-corrected chi connectivity index (χ2v) is 8.63. The van der Waals surface area contributed by atoms with Crippen molar-refractivity contribution in [3.8, 4) is 0 Å². The van der Waals surface area contributed by atoms with Crippen LogP contribution in [0.2, 0.25) is 0 Å². The van der Waals surface area contributed by atoms with Gasteiger partial charge in [0, 0.05) is 33.2 Å². The molecule has 0 radical (unpaired) electrons. The Kier molecular flexibility index (Phi) is 6.95. The van der Waals surface area contributed by atoms with Gasteiger partial charge in [0.25, 0.3) is 0 Å². The highest BCUT2D eigenvalue weighted by Crippen LogP contribution is 2.26. The van der Waals surface area contributed by atoms with Crippen LogP contribution in [0.4, 0.5) is 5.82 Å². The third kappa shape index (κ3) is 5.41. The summed E-state index contributed by atoms with van der Waals surface area (Å²) in [5.41, 5.74) is 2.14. The highest BCUT2D eigenvalue weighted by Gasteiger charge is 2.22. The van der Waals surface area contributed by atoms with Crippen molar-refractivity contribution in [1.29, 1.82) is 0 Å². The van der Waals surface area contributed by atoms with Gasteiger partial charge in [0.1, 0.15) is 18.9 Å². The van der Waals surface area contributed by atoms with Gasteiger partial charge in [0.05, 0.1) is 0 Å². The van der Waals surface area contributed by atoms with Crippen LogP contribution in [0.5, 0.6) is 0 Å². The van der Waals surface area contributed by atoms with E-state index in [9.17, 15) is 14.4 Å². The Morgan fingerprint density at radius 1 is 1.23 bits per heavy atom. The first-order valence-corrected chi connectivity index (χ1v) is 10.8. The molecule has 0 unspecified atom stereocenters. The molecule has 1 aromatic carbocycles. The number of rotatable bonds is 7. The van der Waals surface area contributed by atoms with Crippen LogP contribution in [0.25, 0.3) is 10.9 Å². The molecule has 160 valence electrons. The Hall–Kier alpha value is -2.94. The minimum atomic E-state index is -0.314. The summed E-state index contributed by atoms with van der Waals surface area (Å²) in [7, 11) is 1.84. The van der Waals surface area contributed by atoms with E-state index in [4.69, 9.17) is 0 Å². The van der Waals surface area contributed by atoms with Gasteiger partial charge in [0.2, 0.25) is 11.8 Å². The number of benzene rings is 1. The predicted molar refractivity (Wildman–Crippen MR) is 128 cm³/mol. The number of hydrogen-bond acceptors (Lipinski definition) is 4. The molecule has 7 nitrogen and oxygen atoms in total. The molecule has 2 amide bonds. The van der Waals surface area contributed by atoms with Gasteiger partial charge >= 0.3 is 0 Å². The minimum absolute atomic E-state index is 0.0273. The third-order valence-corrected chi connectivity index (χ3v) is 5.43. The second kappa shape index (κ2) is 9.47. The maximum atomic E-state index is 13.1. The number of amides is 2. The van der Waals surface area contributed by atoms with Gasteiger partial charge in [-0.1, -0.05) is 28.1 Å². The normalized spacial score (nSPS) is 11.0. The van der Waals surface area contributed by atoms with E-state index in [1.165, 1.54) is 11.8 Å². The first-order valence-electron chi connectivity index (χ1n) is 9.98. The van der Waals surface area contributed by atoms with E-state index in [0.29, 0.717) is 11.4 Å². The maximum absolute atomic E-state index is 13.1. The Morgan fingerprint density at radius 2 is 1.97 bits per heavy atom. The summed E-state index contributed by atoms with van der Waals surface area (Å²) in [5, 5.41) is 3.53. The summed E-state index contributed by atoms with van der Waals surface area (Å²) < 4.78 is 2.62. The largest absolute Gasteiger partial charge is 0.337 e. The molecule has 0 bridgehead atoms. The first kappa shape index (κ1) is 22.7. The molecule has 0 atom stereocenters. The summed E-state index contributed by atoms with van der Waals surface area (Å²) >= 11 is 3.43. The van der Waals surface area contributed by atoms with Crippen molar-refractivity contribution in [2.75, 3.05) is 11.9 Å². The Balaban J connectivity index is 1.79. The van der Waals surface area contributed by atoms with Crippen LogP contribution < -0.4 is 10.9 Å². The van der Waals surface area contributed by atoms with Crippen LogP contribution in [-0.4, -0.2) is 52.5 Å². The van der Waals surface area contributed by atoms with Gasteiger partial charge in [-0.05, 0) is 50.6 Å². The molecule has 0 saturated carbocycles. The van der Waals surface area contributed by atoms with Crippen molar-refractivity contribution in [2.45, 2.75) is 33.4 Å². The summed E-state index contributed by atoms with van der Waals surface area (Å²) in [6.07, 6.45) is 1.70. The fourth-order valence-corrected chi connectivity index (χ4v) is 3.79. The lowest BCUT2D eigenvalue weighted by Gasteiger charge is -2.26. The third-order valence-electron chi connectivity index (χ3n) is 4.94. The lowest BCUT2D eigenvalue weighted by atomic mass is 10.0. The number of ketones is 1. The molecule has 0 aliphatic carbocycles. The minimum Gasteiger partial charge on any atom is -0.337 e. The van der Waals surface area contributed by atoms with Crippen molar-refractivity contribution < 1.29 is 14.4 Å². The number of Topliss-reactive ketones (excluding diaryl/α,β-unsaturated/α-hetero) is 1. The second-order valence-electron chi connectivity index (χ2n) is 7.72. The molecular formula is C22H24BBrN4O3. The number of carbonyl (C=O) groups excluding carboxylic acids is 3. The molecule has 3 rings (SSSR count). The van der Waals surface area contributed by atoms with Crippen LogP contribution in [0.15, 0.2) is 47.1 Å². The van der Waals surface area contributed by atoms with E-state index >= 15 is 0 Å². The van der Waals surface area contributed by atoms with Crippen LogP contribution in [-0.2, 0) is 16.1 Å². The molecule has 0 spiro atoms. The SMILES string of the molecule is Bc1cccc(NC(=O)CN(C(=O)Cn2cc(C(C)=O)c3cc(Br)ccc32)C(C)C)n1. The molecule has 0 saturated heterocycles. The van der Waals surface area contributed by atoms with Crippen LogP contribution >= 0.6 is 15.9 Å². The summed E-state index contributed by atoms with van der Waals surface area (Å²) in [6.45, 7) is 5.17. The molecule has 0 aliphatic rings. The van der Waals surface area contributed by atoms with E-state index in [1.54, 1.807) is 16.8 Å². The lowest BCUT2D eigenvalue weighted by molar-refractivity contribution is -0.136. The van der Waals surface area contributed by atoms with Crippen molar-refractivity contribution in [1.82, 2.24) is 14.5 Å². The molecule has 3 aromatic rings. The van der Waals surface area contributed by atoms with Gasteiger partial charge in [-0.15, -0.1) is 0 Å². The highest BCUT2D eigenvalue weighted by atomic mass is 79.9. The van der Waals surface area contributed by atoms with Crippen molar-refractivity contribution >= 4 is 63.7 Å². The number of aromatic nitrogens is 2. The number of nitrogens with one attached hydrogen (secondary N) is 1. The molecular weight excluding hydrogens is 459 g/mol. The Bertz CT molecular complexity index is 1160. The monoisotopic (exact) mass is 482 g/mol. The van der Waals surface area contributed by atoms with Crippen LogP contribution in [0, 0.1) is 0 Å². The van der Waals surface area contributed by atoms with Crippen molar-refractivity contribution in [3.05, 3.63) is 52.6 Å². The Labute approximate surface area is 190 Å². The van der Waals surface area contributed by atoms with Crippen LogP contribution in [0.3, 0.4) is 0 Å². The van der Waals surface area contributed by atoms with Gasteiger partial charge in [0.15, 0.2) is 13.6 Å². The van der Waals surface area contributed by atoms with Gasteiger partial charge < -0.3 is 14.8 Å². The molecule has 0 aliphatic heterocycles. The molecule has 0 fully saturated rings. The number of nitrogens with zero attached hydrogens (tertiary/aromatic N) is 3. The molecule has 2 aromatic heterocycles. The zero-order chi connectivity index (χ0) is 22.7. The highest BCUT2D eigenvalue weighted by molar-refractivity contribution is 9.10. The van der Waals surface area contributed by atoms with Gasteiger partial charge in [-0.2, -0.15) is 0 Å². The first-order chi connectivity index (χ1) is 14.7. The van der Waals surface area contributed by atoms with E-state index < -0.39 is 0 Å². The van der Waals surface area contributed by atoms with E-state index in [1.807, 2.05) is 52.0 Å². The maximum Gasteiger partial charge on any atom is 0.245 e. The summed E-state index contributed by atoms with van der Waals surface area (Å²) in [6, 6.07) is 10.8. The van der Waals surface area contributed by atoms with Gasteiger partial charge in [-0.3, -0.25) is 14.4 Å². The fraction of sp³-hybridized carbons (Fsp3) is 0.273. The van der Waals surface area contributed by atoms with E-state index in [2.05, 4.69) is 26.2 Å². The Morgan fingerprint density at radius 3 is 2.61 bits per heavy atom. The van der Waals surface area contributed by atoms with E-state index in [0.717, 1.165) is 21.0 Å². The average molecular weight is 483 g/mol. The number of fused-ring (bicyclic) bond motifs is 1. The summed E-state index contributed by atoms with van der Waals surface area (Å²) in [4.78, 5) is 43.5. The van der Waals surface area contributed by atoms with E-state index in [-0.39, 0.29) is 36.7 Å². The molecule has 9 heteroatoms. The number of anilines is 1. The molecule has 2 heterocycles. The number of halogens is 1. The van der Waals surface area contributed by atoms with Gasteiger partial charge in [-0.25, -0.2) is 4.98 Å². The fourth-order valence-electron chi connectivity index (χ4n) is 3.43.